The smallest absolute Gasteiger partial charge is 0.225 e. The van der Waals surface area contributed by atoms with E-state index in [9.17, 15) is 0 Å². The van der Waals surface area contributed by atoms with Gasteiger partial charge in [-0.05, 0) is 34.1 Å². The van der Waals surface area contributed by atoms with Crippen molar-refractivity contribution in [1.82, 2.24) is 9.97 Å². The highest BCUT2D eigenvalue weighted by molar-refractivity contribution is 9.10. The Bertz CT molecular complexity index is 582. The van der Waals surface area contributed by atoms with Crippen LogP contribution in [0, 0.1) is 0 Å². The molecule has 20 heavy (non-hydrogen) atoms. The van der Waals surface area contributed by atoms with Crippen molar-refractivity contribution >= 4 is 39.2 Å². The average Bonchev–Trinajstić information content (AvgIpc) is 2.48. The average molecular weight is 354 g/mol. The van der Waals surface area contributed by atoms with Gasteiger partial charge in [0, 0.05) is 49.3 Å². The van der Waals surface area contributed by atoms with E-state index in [0.29, 0.717) is 0 Å². The molecule has 1 aliphatic heterocycles. The Labute approximate surface area is 131 Å². The summed E-state index contributed by atoms with van der Waals surface area (Å²) in [4.78, 5) is 13.2. The monoisotopic (exact) mass is 352 g/mol. The van der Waals surface area contributed by atoms with E-state index in [1.807, 2.05) is 18.2 Å². The molecule has 104 valence electrons. The minimum absolute atomic E-state index is 0.779. The molecule has 0 unspecified atom stereocenters. The molecular weight excluding hydrogens is 340 g/mol. The zero-order valence-electron chi connectivity index (χ0n) is 10.8. The molecule has 1 aliphatic rings. The van der Waals surface area contributed by atoms with Crippen LogP contribution in [0.4, 0.5) is 11.6 Å². The third kappa shape index (κ3) is 3.04. The Morgan fingerprint density at radius 1 is 1.00 bits per heavy atom. The molecular formula is C14H14BrClN4. The molecule has 0 N–H and O–H groups in total. The van der Waals surface area contributed by atoms with Crippen LogP contribution >= 0.6 is 27.5 Å². The van der Waals surface area contributed by atoms with E-state index in [0.717, 1.165) is 41.6 Å². The lowest BCUT2D eigenvalue weighted by Gasteiger charge is -2.36. The molecule has 0 aliphatic carbocycles. The van der Waals surface area contributed by atoms with Crippen LogP contribution in [0.3, 0.4) is 0 Å². The van der Waals surface area contributed by atoms with Crippen LogP contribution in [0.25, 0.3) is 0 Å². The van der Waals surface area contributed by atoms with E-state index in [1.54, 1.807) is 12.4 Å². The predicted octanol–water partition coefficient (Wildman–Crippen LogP) is 3.22. The predicted molar refractivity (Wildman–Crippen MR) is 85.6 cm³/mol. The summed E-state index contributed by atoms with van der Waals surface area (Å²) < 4.78 is 0.902. The molecule has 0 radical (unpaired) electrons. The molecule has 3 rings (SSSR count). The summed E-state index contributed by atoms with van der Waals surface area (Å²) >= 11 is 9.39. The summed E-state index contributed by atoms with van der Waals surface area (Å²) in [6.45, 7) is 3.71. The number of anilines is 2. The van der Waals surface area contributed by atoms with Crippen molar-refractivity contribution < 1.29 is 0 Å². The lowest BCUT2D eigenvalue weighted by atomic mass is 10.2. The van der Waals surface area contributed by atoms with Crippen molar-refractivity contribution in [2.45, 2.75) is 0 Å². The van der Waals surface area contributed by atoms with Crippen molar-refractivity contribution in [2.24, 2.45) is 0 Å². The van der Waals surface area contributed by atoms with Gasteiger partial charge in [0.2, 0.25) is 5.95 Å². The molecule has 0 bridgehead atoms. The van der Waals surface area contributed by atoms with Gasteiger partial charge in [-0.2, -0.15) is 0 Å². The Morgan fingerprint density at radius 3 is 2.30 bits per heavy atom. The first-order valence-electron chi connectivity index (χ1n) is 6.45. The molecule has 0 amide bonds. The van der Waals surface area contributed by atoms with Gasteiger partial charge in [0.25, 0.3) is 0 Å². The Kier molecular flexibility index (Phi) is 4.08. The van der Waals surface area contributed by atoms with Gasteiger partial charge in [0.05, 0.1) is 4.47 Å². The number of rotatable bonds is 2. The lowest BCUT2D eigenvalue weighted by Crippen LogP contribution is -2.47. The molecule has 0 saturated carbocycles. The van der Waals surface area contributed by atoms with E-state index in [4.69, 9.17) is 11.6 Å². The summed E-state index contributed by atoms with van der Waals surface area (Å²) in [7, 11) is 0. The number of piperazine rings is 1. The first kappa shape index (κ1) is 13.6. The summed E-state index contributed by atoms with van der Waals surface area (Å²) in [6, 6.07) is 7.99. The zero-order chi connectivity index (χ0) is 13.9. The minimum Gasteiger partial charge on any atom is -0.368 e. The fourth-order valence-corrected chi connectivity index (χ4v) is 2.70. The fraction of sp³-hybridized carbons (Fsp3) is 0.286. The molecule has 4 nitrogen and oxygen atoms in total. The highest BCUT2D eigenvalue weighted by Gasteiger charge is 2.19. The number of benzene rings is 1. The maximum absolute atomic E-state index is 6.04. The summed E-state index contributed by atoms with van der Waals surface area (Å²) in [6.07, 6.45) is 3.57. The third-order valence-electron chi connectivity index (χ3n) is 3.34. The van der Waals surface area contributed by atoms with Gasteiger partial charge in [-0.25, -0.2) is 9.97 Å². The normalized spacial score (nSPS) is 15.5. The number of hydrogen-bond acceptors (Lipinski definition) is 4. The molecule has 1 aromatic carbocycles. The number of halogens is 2. The summed E-state index contributed by atoms with van der Waals surface area (Å²) in [5.41, 5.74) is 1.17. The van der Waals surface area contributed by atoms with Crippen LogP contribution in [-0.4, -0.2) is 36.1 Å². The highest BCUT2D eigenvalue weighted by atomic mass is 79.9. The van der Waals surface area contributed by atoms with Gasteiger partial charge in [-0.1, -0.05) is 17.7 Å². The van der Waals surface area contributed by atoms with Crippen LogP contribution in [0.15, 0.2) is 41.1 Å². The molecule has 6 heteroatoms. The van der Waals surface area contributed by atoms with Gasteiger partial charge in [0.15, 0.2) is 0 Å². The molecule has 1 saturated heterocycles. The van der Waals surface area contributed by atoms with E-state index in [-0.39, 0.29) is 0 Å². The van der Waals surface area contributed by atoms with E-state index in [1.165, 1.54) is 5.69 Å². The largest absolute Gasteiger partial charge is 0.368 e. The lowest BCUT2D eigenvalue weighted by molar-refractivity contribution is 0.640. The van der Waals surface area contributed by atoms with Gasteiger partial charge >= 0.3 is 0 Å². The van der Waals surface area contributed by atoms with Crippen LogP contribution in [-0.2, 0) is 0 Å². The number of nitrogens with zero attached hydrogens (tertiary/aromatic N) is 4. The van der Waals surface area contributed by atoms with Crippen molar-refractivity contribution in [3.8, 4) is 0 Å². The summed E-state index contributed by atoms with van der Waals surface area (Å²) in [5, 5.41) is 0.779. The number of aromatic nitrogens is 2. The quantitative estimate of drug-likeness (QED) is 0.830. The van der Waals surface area contributed by atoms with Crippen molar-refractivity contribution in [3.63, 3.8) is 0 Å². The Balaban J connectivity index is 1.66. The maximum Gasteiger partial charge on any atom is 0.225 e. The molecule has 0 spiro atoms. The maximum atomic E-state index is 6.04. The van der Waals surface area contributed by atoms with E-state index < -0.39 is 0 Å². The molecule has 1 aromatic heterocycles. The van der Waals surface area contributed by atoms with E-state index >= 15 is 0 Å². The van der Waals surface area contributed by atoms with Gasteiger partial charge in [-0.15, -0.1) is 0 Å². The number of hydrogen-bond donors (Lipinski definition) is 0. The fourth-order valence-electron chi connectivity index (χ4n) is 2.31. The first-order valence-corrected chi connectivity index (χ1v) is 7.62. The highest BCUT2D eigenvalue weighted by Crippen LogP contribution is 2.21. The minimum atomic E-state index is 0.779. The molecule has 2 aromatic rings. The van der Waals surface area contributed by atoms with Crippen LogP contribution in [0.1, 0.15) is 0 Å². The van der Waals surface area contributed by atoms with Gasteiger partial charge < -0.3 is 9.80 Å². The van der Waals surface area contributed by atoms with Crippen molar-refractivity contribution in [3.05, 3.63) is 46.2 Å². The third-order valence-corrected chi connectivity index (χ3v) is 3.99. The molecule has 2 heterocycles. The Hall–Kier alpha value is -1.33. The van der Waals surface area contributed by atoms with E-state index in [2.05, 4.69) is 41.8 Å². The van der Waals surface area contributed by atoms with Gasteiger partial charge in [0.1, 0.15) is 0 Å². The second-order valence-corrected chi connectivity index (χ2v) is 6.01. The topological polar surface area (TPSA) is 32.3 Å². The first-order chi connectivity index (χ1) is 9.72. The second-order valence-electron chi connectivity index (χ2n) is 4.66. The van der Waals surface area contributed by atoms with Crippen LogP contribution in [0.5, 0.6) is 0 Å². The summed E-state index contributed by atoms with van der Waals surface area (Å²) in [5.74, 6) is 0.791. The Morgan fingerprint density at radius 2 is 1.65 bits per heavy atom. The zero-order valence-corrected chi connectivity index (χ0v) is 13.2. The van der Waals surface area contributed by atoms with Crippen molar-refractivity contribution in [1.29, 1.82) is 0 Å². The van der Waals surface area contributed by atoms with Crippen molar-refractivity contribution in [2.75, 3.05) is 36.0 Å². The SMILES string of the molecule is Clc1cccc(N2CCN(c3ncc(Br)cn3)CC2)c1. The van der Waals surface area contributed by atoms with Crippen LogP contribution in [0.2, 0.25) is 5.02 Å². The second kappa shape index (κ2) is 5.97. The van der Waals surface area contributed by atoms with Crippen LogP contribution < -0.4 is 9.80 Å². The standard InChI is InChI=1S/C14H14BrClN4/c15-11-9-17-14(18-10-11)20-6-4-19(5-7-20)13-3-1-2-12(16)8-13/h1-3,8-10H,4-7H2. The molecule has 1 fully saturated rings. The van der Waals surface area contributed by atoms with Gasteiger partial charge in [-0.3, -0.25) is 0 Å². The molecule has 0 atom stereocenters.